The molecular formula is C12H17BrN2O3S. The lowest BCUT2D eigenvalue weighted by Gasteiger charge is -2.20. The van der Waals surface area contributed by atoms with Crippen molar-refractivity contribution in [2.45, 2.75) is 36.0 Å². The number of hydrogen-bond donors (Lipinski definition) is 2. The molecule has 1 rings (SSSR count). The molecule has 0 saturated heterocycles. The molecule has 0 aliphatic carbocycles. The van der Waals surface area contributed by atoms with Gasteiger partial charge in [0.1, 0.15) is 0 Å². The first-order chi connectivity index (χ1) is 8.51. The van der Waals surface area contributed by atoms with E-state index >= 15 is 0 Å². The van der Waals surface area contributed by atoms with Crippen LogP contribution in [0.2, 0.25) is 0 Å². The van der Waals surface area contributed by atoms with Gasteiger partial charge in [-0.25, -0.2) is 13.6 Å². The minimum absolute atomic E-state index is 0.0515. The zero-order valence-electron chi connectivity index (χ0n) is 11.0. The summed E-state index contributed by atoms with van der Waals surface area (Å²) in [5.41, 5.74) is 0.803. The Labute approximate surface area is 121 Å². The molecule has 7 heteroatoms. The SMILES string of the molecule is CC(NC(=O)C(C)(C)Br)c1ccc(S(N)(=O)=O)cc1. The van der Waals surface area contributed by atoms with Gasteiger partial charge < -0.3 is 5.32 Å². The molecule has 19 heavy (non-hydrogen) atoms. The van der Waals surface area contributed by atoms with Crippen molar-refractivity contribution >= 4 is 31.9 Å². The normalized spacial score (nSPS) is 13.9. The van der Waals surface area contributed by atoms with Gasteiger partial charge in [0.05, 0.1) is 15.3 Å². The fourth-order valence-electron chi connectivity index (χ4n) is 1.40. The molecule has 0 aliphatic rings. The average molecular weight is 349 g/mol. The predicted molar refractivity (Wildman–Crippen MR) is 77.4 cm³/mol. The molecule has 5 nitrogen and oxygen atoms in total. The maximum absolute atomic E-state index is 11.8. The van der Waals surface area contributed by atoms with E-state index in [9.17, 15) is 13.2 Å². The van der Waals surface area contributed by atoms with Gasteiger partial charge in [-0.15, -0.1) is 0 Å². The van der Waals surface area contributed by atoms with E-state index in [1.807, 2.05) is 6.92 Å². The van der Waals surface area contributed by atoms with E-state index in [0.717, 1.165) is 5.56 Å². The molecule has 0 spiro atoms. The number of halogens is 1. The van der Waals surface area contributed by atoms with E-state index in [1.54, 1.807) is 26.0 Å². The third-order valence-electron chi connectivity index (χ3n) is 2.60. The molecule has 1 aromatic carbocycles. The van der Waals surface area contributed by atoms with E-state index in [1.165, 1.54) is 12.1 Å². The van der Waals surface area contributed by atoms with Gasteiger partial charge in [0.15, 0.2) is 0 Å². The standard InChI is InChI=1S/C12H17BrN2O3S/c1-8(15-11(16)12(2,3)13)9-4-6-10(7-5-9)19(14,17)18/h4-8H,1-3H3,(H,15,16)(H2,14,17,18). The van der Waals surface area contributed by atoms with Gasteiger partial charge in [-0.3, -0.25) is 4.79 Å². The Kier molecular flexibility index (Phi) is 4.76. The summed E-state index contributed by atoms with van der Waals surface area (Å²) in [4.78, 5) is 11.9. The molecule has 1 atom stereocenters. The van der Waals surface area contributed by atoms with Crippen molar-refractivity contribution < 1.29 is 13.2 Å². The average Bonchev–Trinajstić information content (AvgIpc) is 2.26. The minimum atomic E-state index is -3.69. The van der Waals surface area contributed by atoms with Crippen molar-refractivity contribution in [2.75, 3.05) is 0 Å². The van der Waals surface area contributed by atoms with Gasteiger partial charge in [0.2, 0.25) is 15.9 Å². The van der Waals surface area contributed by atoms with Crippen LogP contribution in [0.4, 0.5) is 0 Å². The fourth-order valence-corrected chi connectivity index (χ4v) is 2.03. The highest BCUT2D eigenvalue weighted by Gasteiger charge is 2.25. The van der Waals surface area contributed by atoms with E-state index in [2.05, 4.69) is 21.2 Å². The second-order valence-electron chi connectivity index (χ2n) is 4.78. The number of nitrogens with one attached hydrogen (secondary N) is 1. The molecule has 3 N–H and O–H groups in total. The van der Waals surface area contributed by atoms with Crippen LogP contribution in [0.25, 0.3) is 0 Å². The monoisotopic (exact) mass is 348 g/mol. The predicted octanol–water partition coefficient (Wildman–Crippen LogP) is 1.68. The molecule has 0 aromatic heterocycles. The van der Waals surface area contributed by atoms with Crippen molar-refractivity contribution in [1.29, 1.82) is 0 Å². The Morgan fingerprint density at radius 1 is 1.32 bits per heavy atom. The molecule has 0 saturated carbocycles. The number of alkyl halides is 1. The lowest BCUT2D eigenvalue weighted by atomic mass is 10.1. The first-order valence-electron chi connectivity index (χ1n) is 5.64. The number of primary sulfonamides is 1. The third kappa shape index (κ3) is 4.59. The largest absolute Gasteiger partial charge is 0.348 e. The quantitative estimate of drug-likeness (QED) is 0.811. The number of carbonyl (C=O) groups is 1. The van der Waals surface area contributed by atoms with Crippen LogP contribution in [0.3, 0.4) is 0 Å². The van der Waals surface area contributed by atoms with Gasteiger partial charge in [0, 0.05) is 0 Å². The van der Waals surface area contributed by atoms with Gasteiger partial charge in [-0.1, -0.05) is 28.1 Å². The Morgan fingerprint density at radius 3 is 2.16 bits per heavy atom. The van der Waals surface area contributed by atoms with Crippen LogP contribution in [-0.2, 0) is 14.8 Å². The number of nitrogens with two attached hydrogens (primary N) is 1. The molecular weight excluding hydrogens is 332 g/mol. The number of rotatable bonds is 4. The summed E-state index contributed by atoms with van der Waals surface area (Å²) in [6.07, 6.45) is 0. The third-order valence-corrected chi connectivity index (χ3v) is 3.89. The van der Waals surface area contributed by atoms with Gasteiger partial charge in [0.25, 0.3) is 0 Å². The van der Waals surface area contributed by atoms with Crippen molar-refractivity contribution in [3.05, 3.63) is 29.8 Å². The van der Waals surface area contributed by atoms with E-state index in [-0.39, 0.29) is 16.8 Å². The van der Waals surface area contributed by atoms with Gasteiger partial charge in [-0.2, -0.15) is 0 Å². The minimum Gasteiger partial charge on any atom is -0.348 e. The molecule has 106 valence electrons. The Bertz CT molecular complexity index is 562. The molecule has 1 amide bonds. The van der Waals surface area contributed by atoms with Crippen LogP contribution in [0.5, 0.6) is 0 Å². The number of amides is 1. The van der Waals surface area contributed by atoms with Gasteiger partial charge >= 0.3 is 0 Å². The van der Waals surface area contributed by atoms with Crippen LogP contribution in [0.1, 0.15) is 32.4 Å². The molecule has 0 fully saturated rings. The second kappa shape index (κ2) is 5.60. The smallest absolute Gasteiger partial charge is 0.238 e. The Morgan fingerprint density at radius 2 is 1.79 bits per heavy atom. The second-order valence-corrected chi connectivity index (χ2v) is 8.33. The maximum atomic E-state index is 11.8. The van der Waals surface area contributed by atoms with Crippen molar-refractivity contribution in [3.8, 4) is 0 Å². The highest BCUT2D eigenvalue weighted by atomic mass is 79.9. The summed E-state index contributed by atoms with van der Waals surface area (Å²) in [6.45, 7) is 5.32. The molecule has 0 heterocycles. The highest BCUT2D eigenvalue weighted by Crippen LogP contribution is 2.20. The number of carbonyl (C=O) groups excluding carboxylic acids is 1. The summed E-state index contributed by atoms with van der Waals surface area (Å²) in [7, 11) is -3.69. The van der Waals surface area contributed by atoms with Crippen LogP contribution in [0, 0.1) is 0 Å². The first kappa shape index (κ1) is 16.1. The summed E-state index contributed by atoms with van der Waals surface area (Å²) in [6, 6.07) is 5.88. The molecule has 1 aromatic rings. The molecule has 0 aliphatic heterocycles. The summed E-state index contributed by atoms with van der Waals surface area (Å²) < 4.78 is 21.6. The van der Waals surface area contributed by atoms with Crippen molar-refractivity contribution in [3.63, 3.8) is 0 Å². The van der Waals surface area contributed by atoms with Crippen LogP contribution in [0.15, 0.2) is 29.2 Å². The Hall–Kier alpha value is -0.920. The lowest BCUT2D eigenvalue weighted by molar-refractivity contribution is -0.123. The van der Waals surface area contributed by atoms with Crippen LogP contribution >= 0.6 is 15.9 Å². The van der Waals surface area contributed by atoms with Crippen molar-refractivity contribution in [1.82, 2.24) is 5.32 Å². The zero-order valence-corrected chi connectivity index (χ0v) is 13.4. The van der Waals surface area contributed by atoms with Gasteiger partial charge in [-0.05, 0) is 38.5 Å². The number of sulfonamides is 1. The fraction of sp³-hybridized carbons (Fsp3) is 0.417. The topological polar surface area (TPSA) is 89.3 Å². The summed E-state index contributed by atoms with van der Waals surface area (Å²) in [5, 5.41) is 7.84. The van der Waals surface area contributed by atoms with E-state index < -0.39 is 14.3 Å². The van der Waals surface area contributed by atoms with Crippen LogP contribution < -0.4 is 10.5 Å². The molecule has 0 radical (unpaired) electrons. The molecule has 0 bridgehead atoms. The van der Waals surface area contributed by atoms with E-state index in [0.29, 0.717) is 0 Å². The number of benzene rings is 1. The zero-order chi connectivity index (χ0) is 14.8. The highest BCUT2D eigenvalue weighted by molar-refractivity contribution is 9.10. The summed E-state index contributed by atoms with van der Waals surface area (Å²) in [5.74, 6) is -0.143. The van der Waals surface area contributed by atoms with E-state index in [4.69, 9.17) is 5.14 Å². The first-order valence-corrected chi connectivity index (χ1v) is 7.98. The maximum Gasteiger partial charge on any atom is 0.238 e. The number of hydrogen-bond acceptors (Lipinski definition) is 3. The Balaban J connectivity index is 2.85. The van der Waals surface area contributed by atoms with Crippen LogP contribution in [-0.4, -0.2) is 18.6 Å². The summed E-state index contributed by atoms with van der Waals surface area (Å²) >= 11 is 3.27. The molecule has 1 unspecified atom stereocenters. The lowest BCUT2D eigenvalue weighted by Crippen LogP contribution is -2.38. The van der Waals surface area contributed by atoms with Crippen molar-refractivity contribution in [2.24, 2.45) is 5.14 Å².